The van der Waals surface area contributed by atoms with Crippen LogP contribution in [0.2, 0.25) is 5.02 Å². The molecular formula is C25H30ClN3O5. The largest absolute Gasteiger partial charge is 0.497 e. The summed E-state index contributed by atoms with van der Waals surface area (Å²) in [7, 11) is 3.12. The predicted molar refractivity (Wildman–Crippen MR) is 130 cm³/mol. The standard InChI is InChI=1S/C25H30ClN3O5/c1-32-20-7-8-23(33-2)21(14-20)29-16-18(13-24(29)30)25(31)27-15-22(28-9-11-34-12-10-28)17-3-5-19(26)6-4-17/h3-8,14,18,22H,9-13,15-16H2,1-2H3,(H,27,31). The number of nitrogens with one attached hydrogen (secondary N) is 1. The Bertz CT molecular complexity index is 1010. The third kappa shape index (κ3) is 5.46. The minimum absolute atomic E-state index is 0.00296. The second kappa shape index (κ2) is 11.1. The van der Waals surface area contributed by atoms with Gasteiger partial charge in [0.2, 0.25) is 11.8 Å². The number of morpholine rings is 1. The molecule has 2 aromatic carbocycles. The molecule has 8 nitrogen and oxygen atoms in total. The highest BCUT2D eigenvalue weighted by Crippen LogP contribution is 2.36. The second-order valence-electron chi connectivity index (χ2n) is 8.40. The molecule has 0 spiro atoms. The lowest BCUT2D eigenvalue weighted by molar-refractivity contribution is -0.126. The number of ether oxygens (including phenoxy) is 3. The van der Waals surface area contributed by atoms with Crippen LogP contribution >= 0.6 is 11.6 Å². The Hall–Kier alpha value is -2.81. The van der Waals surface area contributed by atoms with E-state index in [0.717, 1.165) is 18.7 Å². The number of carbonyl (C=O) groups is 2. The molecule has 2 unspecified atom stereocenters. The molecule has 0 aliphatic carbocycles. The molecule has 2 aliphatic rings. The SMILES string of the molecule is COc1ccc(OC)c(N2CC(C(=O)NCC(c3ccc(Cl)cc3)N3CCOCC3)CC2=O)c1. The van der Waals surface area contributed by atoms with Crippen molar-refractivity contribution in [3.63, 3.8) is 0 Å². The summed E-state index contributed by atoms with van der Waals surface area (Å²) in [5, 5.41) is 3.76. The minimum atomic E-state index is -0.445. The van der Waals surface area contributed by atoms with Crippen molar-refractivity contribution >= 4 is 29.1 Å². The molecule has 2 aromatic rings. The minimum Gasteiger partial charge on any atom is -0.497 e. The van der Waals surface area contributed by atoms with Crippen LogP contribution in [-0.2, 0) is 14.3 Å². The lowest BCUT2D eigenvalue weighted by Gasteiger charge is -2.35. The average Bonchev–Trinajstić information content (AvgIpc) is 3.26. The van der Waals surface area contributed by atoms with Gasteiger partial charge in [0.1, 0.15) is 11.5 Å². The van der Waals surface area contributed by atoms with E-state index in [1.165, 1.54) is 0 Å². The summed E-state index contributed by atoms with van der Waals surface area (Å²) in [5.41, 5.74) is 1.69. The van der Waals surface area contributed by atoms with Gasteiger partial charge in [0.05, 0.1) is 45.1 Å². The highest BCUT2D eigenvalue weighted by molar-refractivity contribution is 6.30. The summed E-state index contributed by atoms with van der Waals surface area (Å²) in [6.45, 7) is 3.62. The van der Waals surface area contributed by atoms with E-state index in [0.29, 0.717) is 42.0 Å². The van der Waals surface area contributed by atoms with Crippen molar-refractivity contribution in [3.8, 4) is 11.5 Å². The molecule has 9 heteroatoms. The van der Waals surface area contributed by atoms with Gasteiger partial charge in [-0.15, -0.1) is 0 Å². The summed E-state index contributed by atoms with van der Waals surface area (Å²) in [4.78, 5) is 29.8. The Kier molecular flexibility index (Phi) is 7.92. The van der Waals surface area contributed by atoms with Gasteiger partial charge in [-0.05, 0) is 29.8 Å². The molecule has 2 atom stereocenters. The maximum atomic E-state index is 13.1. The number of rotatable bonds is 8. The van der Waals surface area contributed by atoms with Crippen molar-refractivity contribution in [1.29, 1.82) is 0 Å². The molecular weight excluding hydrogens is 458 g/mol. The van der Waals surface area contributed by atoms with E-state index in [2.05, 4.69) is 10.2 Å². The fourth-order valence-corrected chi connectivity index (χ4v) is 4.62. The molecule has 2 fully saturated rings. The average molecular weight is 488 g/mol. The monoisotopic (exact) mass is 487 g/mol. The van der Waals surface area contributed by atoms with Gasteiger partial charge in [0.15, 0.2) is 0 Å². The smallest absolute Gasteiger partial charge is 0.227 e. The summed E-state index contributed by atoms with van der Waals surface area (Å²) >= 11 is 6.08. The van der Waals surface area contributed by atoms with Crippen LogP contribution in [-0.4, -0.2) is 70.3 Å². The third-order valence-electron chi connectivity index (χ3n) is 6.38. The first kappa shape index (κ1) is 24.3. The Morgan fingerprint density at radius 3 is 2.56 bits per heavy atom. The number of nitrogens with zero attached hydrogens (tertiary/aromatic N) is 2. The zero-order chi connectivity index (χ0) is 24.1. The van der Waals surface area contributed by atoms with Crippen LogP contribution in [0.25, 0.3) is 0 Å². The van der Waals surface area contributed by atoms with Gasteiger partial charge in [-0.1, -0.05) is 23.7 Å². The molecule has 0 bridgehead atoms. The zero-order valence-electron chi connectivity index (χ0n) is 19.5. The number of benzene rings is 2. The molecule has 2 saturated heterocycles. The highest BCUT2D eigenvalue weighted by atomic mass is 35.5. The predicted octanol–water partition coefficient (Wildman–Crippen LogP) is 2.90. The van der Waals surface area contributed by atoms with Crippen LogP contribution in [0, 0.1) is 5.92 Å². The number of amides is 2. The number of hydrogen-bond donors (Lipinski definition) is 1. The highest BCUT2D eigenvalue weighted by Gasteiger charge is 2.37. The maximum Gasteiger partial charge on any atom is 0.227 e. The molecule has 2 heterocycles. The van der Waals surface area contributed by atoms with Crippen molar-refractivity contribution in [3.05, 3.63) is 53.1 Å². The normalized spacial score (nSPS) is 19.7. The molecule has 1 N–H and O–H groups in total. The van der Waals surface area contributed by atoms with Crippen molar-refractivity contribution in [1.82, 2.24) is 10.2 Å². The molecule has 34 heavy (non-hydrogen) atoms. The zero-order valence-corrected chi connectivity index (χ0v) is 20.2. The number of methoxy groups -OCH3 is 2. The fraction of sp³-hybridized carbons (Fsp3) is 0.440. The number of anilines is 1. The maximum absolute atomic E-state index is 13.1. The van der Waals surface area contributed by atoms with Crippen LogP contribution in [0.1, 0.15) is 18.0 Å². The van der Waals surface area contributed by atoms with Crippen LogP contribution in [0.15, 0.2) is 42.5 Å². The first-order valence-electron chi connectivity index (χ1n) is 11.4. The van der Waals surface area contributed by atoms with E-state index in [9.17, 15) is 9.59 Å². The summed E-state index contributed by atoms with van der Waals surface area (Å²) < 4.78 is 16.2. The van der Waals surface area contributed by atoms with E-state index in [4.69, 9.17) is 25.8 Å². The van der Waals surface area contributed by atoms with Gasteiger partial charge in [-0.2, -0.15) is 0 Å². The lowest BCUT2D eigenvalue weighted by atomic mass is 10.0. The molecule has 182 valence electrons. The van der Waals surface area contributed by atoms with E-state index >= 15 is 0 Å². The third-order valence-corrected chi connectivity index (χ3v) is 6.64. The number of halogens is 1. The Labute approximate surface area is 204 Å². The topological polar surface area (TPSA) is 80.3 Å². The van der Waals surface area contributed by atoms with Gasteiger partial charge in [0, 0.05) is 43.7 Å². The van der Waals surface area contributed by atoms with Crippen LogP contribution in [0.4, 0.5) is 5.69 Å². The van der Waals surface area contributed by atoms with E-state index in [-0.39, 0.29) is 30.8 Å². The Morgan fingerprint density at radius 1 is 1.15 bits per heavy atom. The van der Waals surface area contributed by atoms with Gasteiger partial charge in [-0.3, -0.25) is 14.5 Å². The molecule has 0 saturated carbocycles. The summed E-state index contributed by atoms with van der Waals surface area (Å²) in [6, 6.07) is 13.0. The molecule has 2 aliphatic heterocycles. The molecule has 4 rings (SSSR count). The van der Waals surface area contributed by atoms with E-state index in [1.54, 1.807) is 37.3 Å². The first-order chi connectivity index (χ1) is 16.5. The molecule has 2 amide bonds. The van der Waals surface area contributed by atoms with Gasteiger partial charge >= 0.3 is 0 Å². The van der Waals surface area contributed by atoms with Gasteiger partial charge in [-0.25, -0.2) is 0 Å². The summed E-state index contributed by atoms with van der Waals surface area (Å²) in [5.74, 6) is 0.483. The van der Waals surface area contributed by atoms with Crippen molar-refractivity contribution in [2.45, 2.75) is 12.5 Å². The molecule has 0 aromatic heterocycles. The number of hydrogen-bond acceptors (Lipinski definition) is 6. The van der Waals surface area contributed by atoms with Crippen LogP contribution in [0.5, 0.6) is 11.5 Å². The van der Waals surface area contributed by atoms with Gasteiger partial charge < -0.3 is 24.4 Å². The Balaban J connectivity index is 1.44. The van der Waals surface area contributed by atoms with Crippen molar-refractivity contribution < 1.29 is 23.8 Å². The van der Waals surface area contributed by atoms with Crippen molar-refractivity contribution in [2.24, 2.45) is 5.92 Å². The Morgan fingerprint density at radius 2 is 1.88 bits per heavy atom. The second-order valence-corrected chi connectivity index (χ2v) is 8.84. The fourth-order valence-electron chi connectivity index (χ4n) is 4.50. The first-order valence-corrected chi connectivity index (χ1v) is 11.7. The van der Waals surface area contributed by atoms with E-state index < -0.39 is 5.92 Å². The van der Waals surface area contributed by atoms with Gasteiger partial charge in [0.25, 0.3) is 0 Å². The quantitative estimate of drug-likeness (QED) is 0.616. The van der Waals surface area contributed by atoms with Crippen molar-refractivity contribution in [2.75, 3.05) is 58.5 Å². The van der Waals surface area contributed by atoms with Crippen LogP contribution in [0.3, 0.4) is 0 Å². The number of carbonyl (C=O) groups excluding carboxylic acids is 2. The van der Waals surface area contributed by atoms with Crippen LogP contribution < -0.4 is 19.7 Å². The summed E-state index contributed by atoms with van der Waals surface area (Å²) in [6.07, 6.45) is 0.148. The lowest BCUT2D eigenvalue weighted by Crippen LogP contribution is -2.45. The van der Waals surface area contributed by atoms with E-state index in [1.807, 2.05) is 24.3 Å². The molecule has 0 radical (unpaired) electrons.